The molecule has 1 amide bonds. The molecule has 0 saturated carbocycles. The Kier molecular flexibility index (Phi) is 5.55. The summed E-state index contributed by atoms with van der Waals surface area (Å²) in [7, 11) is 1.65. The van der Waals surface area contributed by atoms with E-state index in [4.69, 9.17) is 4.74 Å². The van der Waals surface area contributed by atoms with Crippen LogP contribution in [0.25, 0.3) is 11.5 Å². The van der Waals surface area contributed by atoms with E-state index in [9.17, 15) is 9.59 Å². The number of nitrogens with zero attached hydrogens (tertiary/aromatic N) is 3. The maximum atomic E-state index is 12.9. The average molecular weight is 342 g/mol. The van der Waals surface area contributed by atoms with Crippen molar-refractivity contribution in [2.24, 2.45) is 0 Å². The number of carbonyl (C=O) groups excluding carboxylic acids is 1. The van der Waals surface area contributed by atoms with Crippen molar-refractivity contribution in [1.29, 1.82) is 0 Å². The fourth-order valence-corrected chi connectivity index (χ4v) is 3.16. The van der Waals surface area contributed by atoms with Crippen LogP contribution >= 0.6 is 0 Å². The molecule has 0 aliphatic carbocycles. The standard InChI is InChI=1S/C18H22N4O3/c1-25-11-8-13-6-3-5-10-22(13)18(24)14-12-20-16(21-17(14)23)15-7-2-4-9-19-15/h2,4,7,9,12-13H,3,5-6,8,10-11H2,1H3,(H,20,21,23)/t13-/m1/s1. The van der Waals surface area contributed by atoms with Crippen LogP contribution in [0.15, 0.2) is 35.4 Å². The third-order valence-corrected chi connectivity index (χ3v) is 4.48. The number of ether oxygens (including phenoxy) is 1. The Morgan fingerprint density at radius 1 is 1.36 bits per heavy atom. The van der Waals surface area contributed by atoms with Gasteiger partial charge in [0.1, 0.15) is 11.3 Å². The van der Waals surface area contributed by atoms with Crippen molar-refractivity contribution >= 4 is 5.91 Å². The molecule has 2 aromatic rings. The smallest absolute Gasteiger partial charge is 0.264 e. The number of aromatic amines is 1. The summed E-state index contributed by atoms with van der Waals surface area (Å²) in [5.74, 6) is 0.0962. The third kappa shape index (κ3) is 3.93. The number of amides is 1. The predicted molar refractivity (Wildman–Crippen MR) is 93.3 cm³/mol. The lowest BCUT2D eigenvalue weighted by molar-refractivity contribution is 0.0551. The van der Waals surface area contributed by atoms with Crippen molar-refractivity contribution < 1.29 is 9.53 Å². The van der Waals surface area contributed by atoms with Crippen molar-refractivity contribution in [2.45, 2.75) is 31.7 Å². The van der Waals surface area contributed by atoms with E-state index in [2.05, 4.69) is 15.0 Å². The topological polar surface area (TPSA) is 88.2 Å². The number of piperidine rings is 1. The first kappa shape index (κ1) is 17.3. The van der Waals surface area contributed by atoms with E-state index in [1.54, 1.807) is 30.3 Å². The quantitative estimate of drug-likeness (QED) is 0.896. The number of hydrogen-bond acceptors (Lipinski definition) is 5. The van der Waals surface area contributed by atoms with Crippen molar-refractivity contribution in [3.8, 4) is 11.5 Å². The Labute approximate surface area is 146 Å². The summed E-state index contributed by atoms with van der Waals surface area (Å²) >= 11 is 0. The zero-order valence-electron chi connectivity index (χ0n) is 14.3. The van der Waals surface area contributed by atoms with Crippen LogP contribution in [0.3, 0.4) is 0 Å². The van der Waals surface area contributed by atoms with E-state index in [0.717, 1.165) is 25.7 Å². The molecular formula is C18H22N4O3. The summed E-state index contributed by atoms with van der Waals surface area (Å²) in [5, 5.41) is 0. The van der Waals surface area contributed by atoms with Crippen LogP contribution in [0.4, 0.5) is 0 Å². The van der Waals surface area contributed by atoms with Crippen LogP contribution in [0, 0.1) is 0 Å². The normalized spacial score (nSPS) is 17.5. The molecule has 2 aromatic heterocycles. The highest BCUT2D eigenvalue weighted by Crippen LogP contribution is 2.21. The molecule has 25 heavy (non-hydrogen) atoms. The first-order valence-corrected chi connectivity index (χ1v) is 8.51. The number of pyridine rings is 1. The molecule has 132 valence electrons. The van der Waals surface area contributed by atoms with Gasteiger partial charge >= 0.3 is 0 Å². The number of rotatable bonds is 5. The molecule has 3 rings (SSSR count). The number of methoxy groups -OCH3 is 1. The molecule has 1 saturated heterocycles. The van der Waals surface area contributed by atoms with Gasteiger partial charge in [0.25, 0.3) is 11.5 Å². The summed E-state index contributed by atoms with van der Waals surface area (Å²) in [6.07, 6.45) is 6.74. The molecular weight excluding hydrogens is 320 g/mol. The lowest BCUT2D eigenvalue weighted by atomic mass is 9.99. The molecule has 3 heterocycles. The van der Waals surface area contributed by atoms with Crippen LogP contribution in [0.1, 0.15) is 36.0 Å². The van der Waals surface area contributed by atoms with Crippen LogP contribution in [0.5, 0.6) is 0 Å². The van der Waals surface area contributed by atoms with E-state index < -0.39 is 5.56 Å². The first-order valence-electron chi connectivity index (χ1n) is 8.51. The Morgan fingerprint density at radius 3 is 2.96 bits per heavy atom. The molecule has 0 bridgehead atoms. The summed E-state index contributed by atoms with van der Waals surface area (Å²) in [6, 6.07) is 5.47. The Bertz CT molecular complexity index is 775. The number of carbonyl (C=O) groups is 1. The maximum Gasteiger partial charge on any atom is 0.264 e. The van der Waals surface area contributed by atoms with Crippen molar-refractivity contribution in [1.82, 2.24) is 19.9 Å². The van der Waals surface area contributed by atoms with E-state index >= 15 is 0 Å². The van der Waals surface area contributed by atoms with E-state index in [1.807, 2.05) is 6.07 Å². The average Bonchev–Trinajstić information content (AvgIpc) is 2.66. The van der Waals surface area contributed by atoms with Crippen molar-refractivity contribution in [2.75, 3.05) is 20.3 Å². The van der Waals surface area contributed by atoms with Gasteiger partial charge in [-0.3, -0.25) is 14.6 Å². The van der Waals surface area contributed by atoms with Gasteiger partial charge in [-0.25, -0.2) is 4.98 Å². The van der Waals surface area contributed by atoms with Gasteiger partial charge in [-0.15, -0.1) is 0 Å². The predicted octanol–water partition coefficient (Wildman–Crippen LogP) is 1.86. The van der Waals surface area contributed by atoms with E-state index in [1.165, 1.54) is 6.20 Å². The Hall–Kier alpha value is -2.54. The molecule has 0 radical (unpaired) electrons. The summed E-state index contributed by atoms with van der Waals surface area (Å²) in [4.78, 5) is 38.1. The van der Waals surface area contributed by atoms with Gasteiger partial charge in [-0.05, 0) is 37.8 Å². The molecule has 1 atom stereocenters. The van der Waals surface area contributed by atoms with Gasteiger partial charge in [-0.2, -0.15) is 0 Å². The minimum absolute atomic E-state index is 0.0731. The van der Waals surface area contributed by atoms with Gasteiger partial charge in [0, 0.05) is 38.7 Å². The zero-order valence-corrected chi connectivity index (χ0v) is 14.3. The van der Waals surface area contributed by atoms with Crippen LogP contribution in [0.2, 0.25) is 0 Å². The summed E-state index contributed by atoms with van der Waals surface area (Å²) in [6.45, 7) is 1.26. The SMILES string of the molecule is COCC[C@H]1CCCCN1C(=O)c1cnc(-c2ccccn2)[nH]c1=O. The van der Waals surface area contributed by atoms with Crippen molar-refractivity contribution in [3.05, 3.63) is 46.5 Å². The van der Waals surface area contributed by atoms with Gasteiger partial charge < -0.3 is 14.6 Å². The number of H-pyrrole nitrogens is 1. The van der Waals surface area contributed by atoms with E-state index in [-0.39, 0.29) is 17.5 Å². The van der Waals surface area contributed by atoms with Gasteiger partial charge in [0.2, 0.25) is 0 Å². The molecule has 7 heteroatoms. The first-order chi connectivity index (χ1) is 12.2. The molecule has 7 nitrogen and oxygen atoms in total. The molecule has 0 aromatic carbocycles. The van der Waals surface area contributed by atoms with Crippen LogP contribution in [-0.4, -0.2) is 52.1 Å². The monoisotopic (exact) mass is 342 g/mol. The minimum Gasteiger partial charge on any atom is -0.385 e. The molecule has 1 N–H and O–H groups in total. The lowest BCUT2D eigenvalue weighted by Gasteiger charge is -2.35. The fraction of sp³-hybridized carbons (Fsp3) is 0.444. The van der Waals surface area contributed by atoms with E-state index in [0.29, 0.717) is 24.7 Å². The molecule has 0 unspecified atom stereocenters. The minimum atomic E-state index is -0.434. The Balaban J connectivity index is 1.83. The number of nitrogens with one attached hydrogen (secondary N) is 1. The van der Waals surface area contributed by atoms with Gasteiger partial charge in [0.15, 0.2) is 5.82 Å². The van der Waals surface area contributed by atoms with Crippen LogP contribution in [-0.2, 0) is 4.74 Å². The number of hydrogen-bond donors (Lipinski definition) is 1. The van der Waals surface area contributed by atoms with Crippen molar-refractivity contribution in [3.63, 3.8) is 0 Å². The number of likely N-dealkylation sites (tertiary alicyclic amines) is 1. The second kappa shape index (κ2) is 8.02. The molecule has 1 aliphatic rings. The summed E-state index contributed by atoms with van der Waals surface area (Å²) in [5.41, 5.74) is 0.204. The molecule has 1 aliphatic heterocycles. The number of aromatic nitrogens is 3. The second-order valence-electron chi connectivity index (χ2n) is 6.12. The summed E-state index contributed by atoms with van der Waals surface area (Å²) < 4.78 is 5.14. The lowest BCUT2D eigenvalue weighted by Crippen LogP contribution is -2.45. The Morgan fingerprint density at radius 2 is 2.24 bits per heavy atom. The molecule has 1 fully saturated rings. The van der Waals surface area contributed by atoms with Crippen LogP contribution < -0.4 is 5.56 Å². The third-order valence-electron chi connectivity index (χ3n) is 4.48. The molecule has 0 spiro atoms. The highest BCUT2D eigenvalue weighted by molar-refractivity contribution is 5.94. The van der Waals surface area contributed by atoms with Gasteiger partial charge in [0.05, 0.1) is 0 Å². The highest BCUT2D eigenvalue weighted by Gasteiger charge is 2.29. The maximum absolute atomic E-state index is 12.9. The highest BCUT2D eigenvalue weighted by atomic mass is 16.5. The van der Waals surface area contributed by atoms with Gasteiger partial charge in [-0.1, -0.05) is 6.07 Å². The fourth-order valence-electron chi connectivity index (χ4n) is 3.16. The zero-order chi connectivity index (χ0) is 17.6. The second-order valence-corrected chi connectivity index (χ2v) is 6.12. The largest absolute Gasteiger partial charge is 0.385 e.